The summed E-state index contributed by atoms with van der Waals surface area (Å²) in [6.07, 6.45) is 3.27. The molecule has 1 heterocycles. The number of benzene rings is 1. The number of carbonyl (C=O) groups is 1. The van der Waals surface area contributed by atoms with Crippen LogP contribution < -0.4 is 10.6 Å². The van der Waals surface area contributed by atoms with Crippen molar-refractivity contribution in [2.45, 2.75) is 25.3 Å². The van der Waals surface area contributed by atoms with Crippen molar-refractivity contribution in [1.29, 1.82) is 0 Å². The van der Waals surface area contributed by atoms with Crippen molar-refractivity contribution in [3.05, 3.63) is 35.6 Å². The van der Waals surface area contributed by atoms with Crippen molar-refractivity contribution in [1.82, 2.24) is 10.6 Å². The molecule has 1 atom stereocenters. The molecule has 100 valence electrons. The molecule has 2 N–H and O–H groups in total. The quantitative estimate of drug-likeness (QED) is 0.882. The average molecular weight is 273 g/mol. The minimum absolute atomic E-state index is 0. The summed E-state index contributed by atoms with van der Waals surface area (Å²) < 4.78 is 13.3. The van der Waals surface area contributed by atoms with Gasteiger partial charge in [-0.25, -0.2) is 4.39 Å². The maximum absolute atomic E-state index is 13.3. The van der Waals surface area contributed by atoms with Crippen molar-refractivity contribution >= 4 is 18.3 Å². The van der Waals surface area contributed by atoms with Crippen LogP contribution in [0.3, 0.4) is 0 Å². The van der Waals surface area contributed by atoms with Gasteiger partial charge >= 0.3 is 0 Å². The third-order valence-corrected chi connectivity index (χ3v) is 3.06. The molecule has 0 aliphatic carbocycles. The highest BCUT2D eigenvalue weighted by atomic mass is 35.5. The first-order chi connectivity index (χ1) is 8.27. The molecule has 1 aromatic rings. The Hall–Kier alpha value is -1.13. The van der Waals surface area contributed by atoms with Gasteiger partial charge in [-0.3, -0.25) is 4.79 Å². The van der Waals surface area contributed by atoms with Crippen molar-refractivity contribution in [2.75, 3.05) is 13.1 Å². The van der Waals surface area contributed by atoms with Gasteiger partial charge in [0.05, 0.1) is 5.56 Å². The number of amides is 1. The molecular weight excluding hydrogens is 255 g/mol. The first-order valence-corrected chi connectivity index (χ1v) is 6.03. The van der Waals surface area contributed by atoms with Gasteiger partial charge in [0.25, 0.3) is 5.91 Å². The van der Waals surface area contributed by atoms with E-state index in [2.05, 4.69) is 10.6 Å². The lowest BCUT2D eigenvalue weighted by Crippen LogP contribution is -2.31. The summed E-state index contributed by atoms with van der Waals surface area (Å²) in [5.74, 6) is -0.801. The zero-order valence-electron chi connectivity index (χ0n) is 10.1. The van der Waals surface area contributed by atoms with E-state index in [1.165, 1.54) is 18.6 Å². The number of hydrogen-bond donors (Lipinski definition) is 2. The van der Waals surface area contributed by atoms with E-state index in [1.807, 2.05) is 0 Å². The normalized spacial score (nSPS) is 18.2. The van der Waals surface area contributed by atoms with Crippen LogP contribution in [0, 0.1) is 5.82 Å². The molecule has 0 spiro atoms. The molecule has 0 radical (unpaired) electrons. The van der Waals surface area contributed by atoms with Gasteiger partial charge in [0.15, 0.2) is 0 Å². The molecule has 1 aliphatic heterocycles. The molecule has 0 aromatic heterocycles. The van der Waals surface area contributed by atoms with Crippen LogP contribution in [0.2, 0.25) is 0 Å². The minimum atomic E-state index is -0.469. The van der Waals surface area contributed by atoms with Gasteiger partial charge in [0.1, 0.15) is 5.82 Å². The number of carbonyl (C=O) groups excluding carboxylic acids is 1. The molecule has 0 bridgehead atoms. The minimum Gasteiger partial charge on any atom is -0.352 e. The van der Waals surface area contributed by atoms with Gasteiger partial charge in [-0.2, -0.15) is 0 Å². The van der Waals surface area contributed by atoms with Gasteiger partial charge in [0.2, 0.25) is 0 Å². The maximum Gasteiger partial charge on any atom is 0.254 e. The van der Waals surface area contributed by atoms with Gasteiger partial charge in [-0.1, -0.05) is 12.1 Å². The van der Waals surface area contributed by atoms with E-state index < -0.39 is 5.82 Å². The zero-order chi connectivity index (χ0) is 12.1. The Kier molecular flexibility index (Phi) is 6.09. The molecule has 1 fully saturated rings. The predicted octanol–water partition coefficient (Wildman–Crippen LogP) is 2.12. The third-order valence-electron chi connectivity index (χ3n) is 3.06. The Morgan fingerprint density at radius 3 is 2.89 bits per heavy atom. The van der Waals surface area contributed by atoms with E-state index in [1.54, 1.807) is 12.1 Å². The molecule has 0 unspecified atom stereocenters. The molecule has 1 aliphatic rings. The van der Waals surface area contributed by atoms with E-state index in [0.717, 1.165) is 19.4 Å². The van der Waals surface area contributed by atoms with Gasteiger partial charge in [-0.15, -0.1) is 12.4 Å². The molecule has 1 aromatic carbocycles. The second kappa shape index (κ2) is 7.34. The molecule has 1 saturated heterocycles. The van der Waals surface area contributed by atoms with Gasteiger partial charge < -0.3 is 10.6 Å². The number of halogens is 2. The lowest BCUT2D eigenvalue weighted by molar-refractivity contribution is 0.0948. The molecule has 5 heteroatoms. The first-order valence-electron chi connectivity index (χ1n) is 6.03. The smallest absolute Gasteiger partial charge is 0.254 e. The Bertz CT molecular complexity index is 394. The maximum atomic E-state index is 13.3. The van der Waals surface area contributed by atoms with E-state index in [4.69, 9.17) is 0 Å². The van der Waals surface area contributed by atoms with Crippen LogP contribution in [0.15, 0.2) is 24.3 Å². The summed E-state index contributed by atoms with van der Waals surface area (Å²) in [6.45, 7) is 1.65. The molecule has 0 saturated carbocycles. The van der Waals surface area contributed by atoms with Crippen LogP contribution in [0.4, 0.5) is 4.39 Å². The largest absolute Gasteiger partial charge is 0.352 e. The summed E-state index contributed by atoms with van der Waals surface area (Å²) in [5.41, 5.74) is 0.117. The van der Waals surface area contributed by atoms with Crippen LogP contribution in [-0.2, 0) is 0 Å². The second-order valence-electron chi connectivity index (χ2n) is 4.32. The van der Waals surface area contributed by atoms with Gasteiger partial charge in [0, 0.05) is 12.6 Å². The summed E-state index contributed by atoms with van der Waals surface area (Å²) in [4.78, 5) is 11.7. The van der Waals surface area contributed by atoms with E-state index >= 15 is 0 Å². The first kappa shape index (κ1) is 14.9. The lowest BCUT2D eigenvalue weighted by atomic mass is 10.1. The van der Waals surface area contributed by atoms with Gasteiger partial charge in [-0.05, 0) is 37.9 Å². The summed E-state index contributed by atoms with van der Waals surface area (Å²) >= 11 is 0. The molecule has 18 heavy (non-hydrogen) atoms. The van der Waals surface area contributed by atoms with Crippen molar-refractivity contribution in [3.8, 4) is 0 Å². The number of hydrogen-bond acceptors (Lipinski definition) is 2. The Morgan fingerprint density at radius 1 is 1.44 bits per heavy atom. The van der Waals surface area contributed by atoms with E-state index in [0.29, 0.717) is 12.6 Å². The van der Waals surface area contributed by atoms with Crippen LogP contribution in [-0.4, -0.2) is 25.0 Å². The average Bonchev–Trinajstić information content (AvgIpc) is 2.82. The standard InChI is InChI=1S/C13H17FN2O.ClH/c14-12-6-2-1-5-11(12)13(17)16-9-7-10-4-3-8-15-10;/h1-2,5-6,10,15H,3-4,7-9H2,(H,16,17);1H/t10-;/m1./s1. The Morgan fingerprint density at radius 2 is 2.22 bits per heavy atom. The van der Waals surface area contributed by atoms with Crippen LogP contribution in [0.1, 0.15) is 29.6 Å². The highest BCUT2D eigenvalue weighted by Gasteiger charge is 2.14. The van der Waals surface area contributed by atoms with Crippen LogP contribution >= 0.6 is 12.4 Å². The second-order valence-corrected chi connectivity index (χ2v) is 4.32. The third kappa shape index (κ3) is 3.96. The zero-order valence-corrected chi connectivity index (χ0v) is 10.9. The fourth-order valence-corrected chi connectivity index (χ4v) is 2.10. The molecule has 2 rings (SSSR count). The Labute approximate surface area is 113 Å². The monoisotopic (exact) mass is 272 g/mol. The fraction of sp³-hybridized carbons (Fsp3) is 0.462. The highest BCUT2D eigenvalue weighted by Crippen LogP contribution is 2.08. The van der Waals surface area contributed by atoms with Crippen LogP contribution in [0.25, 0.3) is 0 Å². The van der Waals surface area contributed by atoms with Crippen molar-refractivity contribution in [3.63, 3.8) is 0 Å². The van der Waals surface area contributed by atoms with Crippen molar-refractivity contribution < 1.29 is 9.18 Å². The summed E-state index contributed by atoms with van der Waals surface area (Å²) in [5, 5.41) is 6.10. The number of rotatable bonds is 4. The number of nitrogens with one attached hydrogen (secondary N) is 2. The van der Waals surface area contributed by atoms with Crippen molar-refractivity contribution in [2.24, 2.45) is 0 Å². The van der Waals surface area contributed by atoms with E-state index in [9.17, 15) is 9.18 Å². The lowest BCUT2D eigenvalue weighted by Gasteiger charge is -2.10. The summed E-state index contributed by atoms with van der Waals surface area (Å²) in [7, 11) is 0. The summed E-state index contributed by atoms with van der Waals surface area (Å²) in [6, 6.07) is 6.53. The predicted molar refractivity (Wildman–Crippen MR) is 71.6 cm³/mol. The topological polar surface area (TPSA) is 41.1 Å². The Balaban J connectivity index is 0.00000162. The van der Waals surface area contributed by atoms with E-state index in [-0.39, 0.29) is 23.9 Å². The van der Waals surface area contributed by atoms with Crippen LogP contribution in [0.5, 0.6) is 0 Å². The molecular formula is C13H18ClFN2O. The highest BCUT2D eigenvalue weighted by molar-refractivity contribution is 5.94. The SMILES string of the molecule is Cl.O=C(NCC[C@H]1CCCN1)c1ccccc1F. The fourth-order valence-electron chi connectivity index (χ4n) is 2.10. The molecule has 1 amide bonds. The molecule has 3 nitrogen and oxygen atoms in total.